The monoisotopic (exact) mass is 438 g/mol. The molecule has 0 radical (unpaired) electrons. The number of nitrogens with zero attached hydrogens (tertiary/aromatic N) is 4. The number of aromatic amines is 2. The van der Waals surface area contributed by atoms with Crippen molar-refractivity contribution in [1.29, 1.82) is 0 Å². The van der Waals surface area contributed by atoms with Gasteiger partial charge in [-0.25, -0.2) is 0 Å². The molecule has 0 unspecified atom stereocenters. The topological polar surface area (TPSA) is 92.2 Å². The van der Waals surface area contributed by atoms with E-state index in [1.54, 1.807) is 24.0 Å². The Kier molecular flexibility index (Phi) is 4.09. The fourth-order valence-electron chi connectivity index (χ4n) is 4.00. The summed E-state index contributed by atoms with van der Waals surface area (Å²) in [5.41, 5.74) is 6.56. The summed E-state index contributed by atoms with van der Waals surface area (Å²) in [6, 6.07) is 14.2. The van der Waals surface area contributed by atoms with Crippen LogP contribution in [0.3, 0.4) is 0 Å². The lowest BCUT2D eigenvalue weighted by atomic mass is 10.1. The van der Waals surface area contributed by atoms with Crippen LogP contribution >= 0.6 is 11.3 Å². The Morgan fingerprint density at radius 1 is 1.06 bits per heavy atom. The molecule has 0 aliphatic rings. The van der Waals surface area contributed by atoms with Gasteiger partial charge in [0.25, 0.3) is 0 Å². The van der Waals surface area contributed by atoms with Crippen LogP contribution in [0, 0.1) is 0 Å². The van der Waals surface area contributed by atoms with E-state index in [9.17, 15) is 4.79 Å². The van der Waals surface area contributed by atoms with Crippen LogP contribution in [0.4, 0.5) is 0 Å². The summed E-state index contributed by atoms with van der Waals surface area (Å²) in [6.45, 7) is 1.60. The Labute approximate surface area is 186 Å². The van der Waals surface area contributed by atoms with E-state index >= 15 is 0 Å². The van der Waals surface area contributed by atoms with Gasteiger partial charge in [-0.3, -0.25) is 19.6 Å². The second-order valence-corrected chi connectivity index (χ2v) is 8.84. The lowest BCUT2D eigenvalue weighted by Crippen LogP contribution is -1.85. The van der Waals surface area contributed by atoms with Crippen molar-refractivity contribution in [2.75, 3.05) is 0 Å². The number of carbonyl (C=O) groups is 1. The molecule has 2 N–H and O–H groups in total. The first-order valence-electron chi connectivity index (χ1n) is 10.1. The number of ketones is 1. The lowest BCUT2D eigenvalue weighted by molar-refractivity contribution is 0.102. The second kappa shape index (κ2) is 7.00. The number of aromatic nitrogens is 6. The Balaban J connectivity index is 1.49. The van der Waals surface area contributed by atoms with Gasteiger partial charge in [0.1, 0.15) is 5.69 Å². The minimum atomic E-state index is 0.0872. The standard InChI is InChI=1S/C24H18N6OS/c1-13(31)22-6-7-23(32-22)15-4-3-5-18-16(15)8-20(27-18)24-17-9-19(14-10-26-30(2)12-14)25-11-21(17)28-29-24/h3-12,27H,1-2H3,(H,28,29). The SMILES string of the molecule is CC(=O)c1ccc(-c2cccc3[nH]c(-c4n[nH]c5cnc(-c6cnn(C)c6)cc45)cc23)s1. The van der Waals surface area contributed by atoms with Crippen molar-refractivity contribution in [3.8, 4) is 33.1 Å². The summed E-state index contributed by atoms with van der Waals surface area (Å²) in [5.74, 6) is 0.0872. The molecule has 1 aromatic carbocycles. The molecule has 7 nitrogen and oxygen atoms in total. The molecule has 5 aromatic heterocycles. The molecule has 156 valence electrons. The summed E-state index contributed by atoms with van der Waals surface area (Å²) in [7, 11) is 1.89. The van der Waals surface area contributed by atoms with Crippen LogP contribution < -0.4 is 0 Å². The largest absolute Gasteiger partial charge is 0.353 e. The van der Waals surface area contributed by atoms with Crippen LogP contribution in [0.2, 0.25) is 0 Å². The van der Waals surface area contributed by atoms with Gasteiger partial charge in [0.05, 0.1) is 34.2 Å². The number of H-pyrrole nitrogens is 2. The maximum Gasteiger partial charge on any atom is 0.169 e. The molecule has 0 amide bonds. The van der Waals surface area contributed by atoms with Crippen molar-refractivity contribution in [1.82, 2.24) is 29.9 Å². The molecule has 0 spiro atoms. The third-order valence-corrected chi connectivity index (χ3v) is 6.80. The molecular formula is C24H18N6OS. The Hall–Kier alpha value is -4.04. The number of fused-ring (bicyclic) bond motifs is 2. The van der Waals surface area contributed by atoms with E-state index in [0.29, 0.717) is 0 Å². The Morgan fingerprint density at radius 2 is 1.97 bits per heavy atom. The molecule has 32 heavy (non-hydrogen) atoms. The van der Waals surface area contributed by atoms with Crippen LogP contribution in [-0.4, -0.2) is 35.7 Å². The molecule has 6 rings (SSSR count). The number of aryl methyl sites for hydroxylation is 1. The minimum Gasteiger partial charge on any atom is -0.353 e. The third kappa shape index (κ3) is 2.96. The van der Waals surface area contributed by atoms with Crippen LogP contribution in [0.15, 0.2) is 61.1 Å². The highest BCUT2D eigenvalue weighted by atomic mass is 32.1. The zero-order chi connectivity index (χ0) is 21.8. The first kappa shape index (κ1) is 18.7. The minimum absolute atomic E-state index is 0.0872. The maximum atomic E-state index is 11.8. The van der Waals surface area contributed by atoms with Gasteiger partial charge >= 0.3 is 0 Å². The van der Waals surface area contributed by atoms with Crippen LogP contribution in [0.5, 0.6) is 0 Å². The van der Waals surface area contributed by atoms with Crippen LogP contribution in [0.1, 0.15) is 16.6 Å². The zero-order valence-corrected chi connectivity index (χ0v) is 18.2. The van der Waals surface area contributed by atoms with Gasteiger partial charge in [-0.05, 0) is 37.3 Å². The number of hydrogen-bond acceptors (Lipinski definition) is 5. The van der Waals surface area contributed by atoms with Gasteiger partial charge in [0.2, 0.25) is 0 Å². The molecule has 0 bridgehead atoms. The molecule has 0 aliphatic heterocycles. The lowest BCUT2D eigenvalue weighted by Gasteiger charge is -1.99. The van der Waals surface area contributed by atoms with Crippen molar-refractivity contribution < 1.29 is 4.79 Å². The predicted molar refractivity (Wildman–Crippen MR) is 127 cm³/mol. The smallest absolute Gasteiger partial charge is 0.169 e. The molecule has 0 saturated heterocycles. The molecule has 0 fully saturated rings. The normalized spacial score (nSPS) is 11.6. The summed E-state index contributed by atoms with van der Waals surface area (Å²) in [5, 5.41) is 14.0. The quantitative estimate of drug-likeness (QED) is 0.359. The molecule has 6 aromatic rings. The highest BCUT2D eigenvalue weighted by molar-refractivity contribution is 7.17. The zero-order valence-electron chi connectivity index (χ0n) is 17.4. The fraction of sp³-hybridized carbons (Fsp3) is 0.0833. The number of thiophene rings is 1. The molecule has 0 saturated carbocycles. The highest BCUT2D eigenvalue weighted by Gasteiger charge is 2.16. The molecule has 0 aliphatic carbocycles. The number of rotatable bonds is 4. The maximum absolute atomic E-state index is 11.8. The molecule has 8 heteroatoms. The average Bonchev–Trinajstić information content (AvgIpc) is 3.56. The summed E-state index contributed by atoms with van der Waals surface area (Å²) < 4.78 is 1.76. The van der Waals surface area contributed by atoms with Gasteiger partial charge in [0, 0.05) is 45.5 Å². The number of pyridine rings is 1. The van der Waals surface area contributed by atoms with Gasteiger partial charge in [-0.15, -0.1) is 11.3 Å². The van der Waals surface area contributed by atoms with Crippen LogP contribution in [-0.2, 0) is 7.05 Å². The Morgan fingerprint density at radius 3 is 2.75 bits per heavy atom. The van der Waals surface area contributed by atoms with E-state index in [2.05, 4.69) is 43.5 Å². The average molecular weight is 439 g/mol. The van der Waals surface area contributed by atoms with Gasteiger partial charge < -0.3 is 4.98 Å². The molecule has 5 heterocycles. The summed E-state index contributed by atoms with van der Waals surface area (Å²) in [6.07, 6.45) is 5.55. The summed E-state index contributed by atoms with van der Waals surface area (Å²) >= 11 is 1.52. The van der Waals surface area contributed by atoms with E-state index < -0.39 is 0 Å². The number of Topliss-reactive ketones (excluding diaryl/α,β-unsaturated/α-hetero) is 1. The first-order valence-corrected chi connectivity index (χ1v) is 10.9. The highest BCUT2D eigenvalue weighted by Crippen LogP contribution is 2.37. The van der Waals surface area contributed by atoms with Crippen molar-refractivity contribution in [3.05, 3.63) is 65.9 Å². The van der Waals surface area contributed by atoms with Crippen LogP contribution in [0.25, 0.3) is 54.9 Å². The second-order valence-electron chi connectivity index (χ2n) is 7.76. The fourth-order valence-corrected chi connectivity index (χ4v) is 4.94. The van der Waals surface area contributed by atoms with E-state index in [1.807, 2.05) is 37.5 Å². The molecular weight excluding hydrogens is 420 g/mol. The predicted octanol–water partition coefficient (Wildman–Crippen LogP) is 5.44. The van der Waals surface area contributed by atoms with Gasteiger partial charge in [-0.1, -0.05) is 12.1 Å². The number of hydrogen-bond donors (Lipinski definition) is 2. The van der Waals surface area contributed by atoms with Crippen molar-refractivity contribution >= 4 is 38.9 Å². The van der Waals surface area contributed by atoms with Crippen molar-refractivity contribution in [2.45, 2.75) is 6.92 Å². The first-order chi connectivity index (χ1) is 15.6. The van der Waals surface area contributed by atoms with E-state index in [-0.39, 0.29) is 5.78 Å². The number of carbonyl (C=O) groups excluding carboxylic acids is 1. The van der Waals surface area contributed by atoms with E-state index in [4.69, 9.17) is 0 Å². The van der Waals surface area contributed by atoms with Gasteiger partial charge in [0.15, 0.2) is 5.78 Å². The number of benzene rings is 1. The number of nitrogens with one attached hydrogen (secondary N) is 2. The Bertz CT molecular complexity index is 1630. The van der Waals surface area contributed by atoms with E-state index in [0.717, 1.165) is 59.8 Å². The molecule has 0 atom stereocenters. The summed E-state index contributed by atoms with van der Waals surface area (Å²) in [4.78, 5) is 21.6. The van der Waals surface area contributed by atoms with Crippen molar-refractivity contribution in [2.24, 2.45) is 7.05 Å². The third-order valence-electron chi connectivity index (χ3n) is 5.59. The van der Waals surface area contributed by atoms with E-state index in [1.165, 1.54) is 11.3 Å². The van der Waals surface area contributed by atoms with Crippen molar-refractivity contribution in [3.63, 3.8) is 0 Å². The van der Waals surface area contributed by atoms with Gasteiger partial charge in [-0.2, -0.15) is 10.2 Å².